The third-order valence-corrected chi connectivity index (χ3v) is 4.31. The fourth-order valence-electron chi connectivity index (χ4n) is 2.81. The van der Waals surface area contributed by atoms with Crippen molar-refractivity contribution in [3.05, 3.63) is 59.3 Å². The number of aliphatic hydroxyl groups excluding tert-OH is 1. The van der Waals surface area contributed by atoms with Crippen LogP contribution in [0.4, 0.5) is 4.39 Å². The molecule has 1 fully saturated rings. The molecule has 1 atom stereocenters. The van der Waals surface area contributed by atoms with Gasteiger partial charge in [-0.05, 0) is 49.6 Å². The zero-order valence-corrected chi connectivity index (χ0v) is 13.7. The molecule has 1 aromatic heterocycles. The summed E-state index contributed by atoms with van der Waals surface area (Å²) in [5, 5.41) is 10.4. The number of hydrogen-bond acceptors (Lipinski definition) is 3. The van der Waals surface area contributed by atoms with Gasteiger partial charge in [0, 0.05) is 18.9 Å². The first kappa shape index (κ1) is 16.7. The molecule has 1 aliphatic rings. The summed E-state index contributed by atoms with van der Waals surface area (Å²) in [5.74, 6) is 1.32. The van der Waals surface area contributed by atoms with Crippen LogP contribution < -0.4 is 0 Å². The molecular formula is C19H22FNO3. The molecule has 4 nitrogen and oxygen atoms in total. The van der Waals surface area contributed by atoms with E-state index < -0.39 is 6.10 Å². The molecule has 1 unspecified atom stereocenters. The Labute approximate surface area is 140 Å². The Kier molecular flexibility index (Phi) is 5.00. The van der Waals surface area contributed by atoms with Crippen LogP contribution in [0.3, 0.4) is 0 Å². The van der Waals surface area contributed by atoms with Gasteiger partial charge in [0.1, 0.15) is 17.3 Å². The number of nitrogens with zero attached hydrogens (tertiary/aromatic N) is 1. The van der Waals surface area contributed by atoms with Crippen LogP contribution in [-0.2, 0) is 11.2 Å². The average Bonchev–Trinajstić information content (AvgIpc) is 3.32. The van der Waals surface area contributed by atoms with Gasteiger partial charge in [-0.2, -0.15) is 0 Å². The van der Waals surface area contributed by atoms with Gasteiger partial charge in [0.15, 0.2) is 0 Å². The Bertz CT molecular complexity index is 691. The monoisotopic (exact) mass is 331 g/mol. The molecule has 1 saturated carbocycles. The number of halogens is 1. The predicted molar refractivity (Wildman–Crippen MR) is 87.9 cm³/mol. The number of hydrogen-bond donors (Lipinski definition) is 1. The Morgan fingerprint density at radius 1 is 1.29 bits per heavy atom. The van der Waals surface area contributed by atoms with Crippen molar-refractivity contribution in [3.63, 3.8) is 0 Å². The van der Waals surface area contributed by atoms with Crippen molar-refractivity contribution in [2.75, 3.05) is 6.54 Å². The predicted octanol–water partition coefficient (Wildman–Crippen LogP) is 3.38. The van der Waals surface area contributed by atoms with Gasteiger partial charge < -0.3 is 14.4 Å². The quantitative estimate of drug-likeness (QED) is 0.846. The lowest BCUT2D eigenvalue weighted by atomic mass is 10.1. The summed E-state index contributed by atoms with van der Waals surface area (Å²) in [4.78, 5) is 14.3. The van der Waals surface area contributed by atoms with Crippen LogP contribution in [0.1, 0.15) is 42.5 Å². The molecule has 1 heterocycles. The van der Waals surface area contributed by atoms with Crippen molar-refractivity contribution in [2.45, 2.75) is 44.8 Å². The molecule has 2 aromatic rings. The number of benzene rings is 1. The van der Waals surface area contributed by atoms with Gasteiger partial charge in [0.25, 0.3) is 0 Å². The van der Waals surface area contributed by atoms with Crippen molar-refractivity contribution in [2.24, 2.45) is 0 Å². The summed E-state index contributed by atoms with van der Waals surface area (Å²) in [6.45, 7) is 2.12. The second-order valence-corrected chi connectivity index (χ2v) is 6.36. The summed E-state index contributed by atoms with van der Waals surface area (Å²) >= 11 is 0. The van der Waals surface area contributed by atoms with E-state index >= 15 is 0 Å². The van der Waals surface area contributed by atoms with Crippen LogP contribution in [0.25, 0.3) is 0 Å². The first-order valence-corrected chi connectivity index (χ1v) is 8.31. The van der Waals surface area contributed by atoms with Crippen LogP contribution in [0.2, 0.25) is 0 Å². The van der Waals surface area contributed by atoms with E-state index in [1.54, 1.807) is 17.0 Å². The van der Waals surface area contributed by atoms with Gasteiger partial charge in [-0.15, -0.1) is 0 Å². The number of carbonyl (C=O) groups excluding carboxylic acids is 1. The number of carbonyl (C=O) groups is 1. The van der Waals surface area contributed by atoms with E-state index in [2.05, 4.69) is 0 Å². The van der Waals surface area contributed by atoms with Crippen molar-refractivity contribution >= 4 is 5.91 Å². The smallest absolute Gasteiger partial charge is 0.223 e. The van der Waals surface area contributed by atoms with Gasteiger partial charge in [0.05, 0.1) is 12.6 Å². The number of furan rings is 1. The highest BCUT2D eigenvalue weighted by Gasteiger charge is 2.33. The first-order chi connectivity index (χ1) is 11.5. The number of amides is 1. The van der Waals surface area contributed by atoms with Gasteiger partial charge >= 0.3 is 0 Å². The fourth-order valence-corrected chi connectivity index (χ4v) is 2.81. The minimum absolute atomic E-state index is 0.0210. The average molecular weight is 331 g/mol. The summed E-state index contributed by atoms with van der Waals surface area (Å²) in [7, 11) is 0. The molecular weight excluding hydrogens is 309 g/mol. The first-order valence-electron chi connectivity index (χ1n) is 8.31. The molecule has 0 bridgehead atoms. The highest BCUT2D eigenvalue weighted by Crippen LogP contribution is 2.30. The highest BCUT2D eigenvalue weighted by atomic mass is 19.1. The van der Waals surface area contributed by atoms with Crippen LogP contribution in [0.5, 0.6) is 0 Å². The van der Waals surface area contributed by atoms with E-state index in [1.165, 1.54) is 12.1 Å². The van der Waals surface area contributed by atoms with E-state index in [0.29, 0.717) is 18.4 Å². The van der Waals surface area contributed by atoms with Gasteiger partial charge in [-0.25, -0.2) is 4.39 Å². The lowest BCUT2D eigenvalue weighted by Crippen LogP contribution is -2.36. The van der Waals surface area contributed by atoms with Crippen molar-refractivity contribution in [3.8, 4) is 0 Å². The molecule has 0 spiro atoms. The molecule has 1 N–H and O–H groups in total. The lowest BCUT2D eigenvalue weighted by molar-refractivity contribution is -0.133. The molecule has 0 radical (unpaired) electrons. The highest BCUT2D eigenvalue weighted by molar-refractivity contribution is 5.77. The topological polar surface area (TPSA) is 53.7 Å². The van der Waals surface area contributed by atoms with Crippen LogP contribution >= 0.6 is 0 Å². The SMILES string of the molecule is Cc1ccc(CCC(=O)N(CC(O)c2ccc(F)cc2)C2CC2)o1. The molecule has 3 rings (SSSR count). The molecule has 0 saturated heterocycles. The Morgan fingerprint density at radius 3 is 2.58 bits per heavy atom. The third-order valence-electron chi connectivity index (χ3n) is 4.31. The summed E-state index contributed by atoms with van der Waals surface area (Å²) < 4.78 is 18.5. The van der Waals surface area contributed by atoms with Gasteiger partial charge in [-0.3, -0.25) is 4.79 Å². The largest absolute Gasteiger partial charge is 0.466 e. The van der Waals surface area contributed by atoms with E-state index in [9.17, 15) is 14.3 Å². The number of aliphatic hydroxyl groups is 1. The second kappa shape index (κ2) is 7.18. The molecule has 0 aliphatic heterocycles. The van der Waals surface area contributed by atoms with E-state index in [4.69, 9.17) is 4.42 Å². The minimum atomic E-state index is -0.805. The number of rotatable bonds is 7. The van der Waals surface area contributed by atoms with E-state index in [-0.39, 0.29) is 24.3 Å². The Hall–Kier alpha value is -2.14. The number of aryl methyl sites for hydroxylation is 2. The Morgan fingerprint density at radius 2 is 2.00 bits per heavy atom. The standard InChI is InChI=1S/C19H22FNO3/c1-13-2-9-17(24-13)10-11-19(23)21(16-7-8-16)12-18(22)14-3-5-15(20)6-4-14/h2-6,9,16,18,22H,7-8,10-12H2,1H3. The molecule has 1 amide bonds. The molecule has 1 aromatic carbocycles. The zero-order valence-electron chi connectivity index (χ0n) is 13.7. The molecule has 24 heavy (non-hydrogen) atoms. The van der Waals surface area contributed by atoms with Gasteiger partial charge in [0.2, 0.25) is 5.91 Å². The lowest BCUT2D eigenvalue weighted by Gasteiger charge is -2.25. The van der Waals surface area contributed by atoms with Crippen molar-refractivity contribution in [1.29, 1.82) is 0 Å². The van der Waals surface area contributed by atoms with Gasteiger partial charge in [-0.1, -0.05) is 12.1 Å². The summed E-state index contributed by atoms with van der Waals surface area (Å²) in [6, 6.07) is 9.74. The van der Waals surface area contributed by atoms with Crippen molar-refractivity contribution < 1.29 is 18.7 Å². The maximum absolute atomic E-state index is 13.0. The van der Waals surface area contributed by atoms with Crippen molar-refractivity contribution in [1.82, 2.24) is 4.90 Å². The van der Waals surface area contributed by atoms with Crippen LogP contribution in [-0.4, -0.2) is 28.5 Å². The maximum Gasteiger partial charge on any atom is 0.223 e. The normalized spacial score (nSPS) is 15.3. The second-order valence-electron chi connectivity index (χ2n) is 6.36. The van der Waals surface area contributed by atoms with Crippen LogP contribution in [0, 0.1) is 12.7 Å². The third kappa shape index (κ3) is 4.23. The van der Waals surface area contributed by atoms with E-state index in [0.717, 1.165) is 24.4 Å². The minimum Gasteiger partial charge on any atom is -0.466 e. The molecule has 5 heteroatoms. The van der Waals surface area contributed by atoms with Crippen LogP contribution in [0.15, 0.2) is 40.8 Å². The molecule has 128 valence electrons. The zero-order chi connectivity index (χ0) is 17.1. The van der Waals surface area contributed by atoms with E-state index in [1.807, 2.05) is 19.1 Å². The summed E-state index contributed by atoms with van der Waals surface area (Å²) in [6.07, 6.45) is 2.06. The Balaban J connectivity index is 1.59. The fraction of sp³-hybridized carbons (Fsp3) is 0.421. The molecule has 1 aliphatic carbocycles. The maximum atomic E-state index is 13.0. The summed E-state index contributed by atoms with van der Waals surface area (Å²) in [5.41, 5.74) is 0.622.